The van der Waals surface area contributed by atoms with Crippen molar-refractivity contribution >= 4 is 0 Å². The van der Waals surface area contributed by atoms with E-state index in [0.717, 1.165) is 31.9 Å². The van der Waals surface area contributed by atoms with Gasteiger partial charge in [-0.25, -0.2) is 0 Å². The summed E-state index contributed by atoms with van der Waals surface area (Å²) in [4.78, 5) is 2.24. The summed E-state index contributed by atoms with van der Waals surface area (Å²) in [6, 6.07) is 19.9. The van der Waals surface area contributed by atoms with Gasteiger partial charge >= 0.3 is 0 Å². The van der Waals surface area contributed by atoms with Crippen LogP contribution in [0, 0.1) is 0 Å². The highest BCUT2D eigenvalue weighted by Crippen LogP contribution is 2.10. The molecule has 0 aromatic heterocycles. The second-order valence-electron chi connectivity index (χ2n) is 5.84. The third kappa shape index (κ3) is 7.13. The Morgan fingerprint density at radius 1 is 1.00 bits per heavy atom. The quantitative estimate of drug-likeness (QED) is 0.644. The van der Waals surface area contributed by atoms with Gasteiger partial charge in [0.25, 0.3) is 0 Å². The molecule has 0 aliphatic heterocycles. The molecule has 0 aliphatic rings. The van der Waals surface area contributed by atoms with Crippen molar-refractivity contribution in [2.75, 3.05) is 33.4 Å². The van der Waals surface area contributed by atoms with Crippen LogP contribution in [0.4, 0.5) is 0 Å². The van der Waals surface area contributed by atoms with Crippen molar-refractivity contribution in [3.8, 4) is 5.75 Å². The fourth-order valence-corrected chi connectivity index (χ4v) is 2.57. The molecule has 0 saturated carbocycles. The summed E-state index contributed by atoms with van der Waals surface area (Å²) in [5.41, 5.74) is 1.24. The minimum Gasteiger partial charge on any atom is -0.491 e. The van der Waals surface area contributed by atoms with Gasteiger partial charge < -0.3 is 14.6 Å². The average molecular weight is 329 g/mol. The zero-order valence-electron chi connectivity index (χ0n) is 14.3. The van der Waals surface area contributed by atoms with Crippen molar-refractivity contribution < 1.29 is 14.6 Å². The number of nitrogens with zero attached hydrogens (tertiary/aromatic N) is 1. The molecule has 0 heterocycles. The van der Waals surface area contributed by atoms with E-state index in [1.165, 1.54) is 5.56 Å². The molecule has 2 rings (SSSR count). The van der Waals surface area contributed by atoms with Crippen LogP contribution in [0.25, 0.3) is 0 Å². The molecule has 130 valence electrons. The number of methoxy groups -OCH3 is 1. The monoisotopic (exact) mass is 329 g/mol. The van der Waals surface area contributed by atoms with E-state index < -0.39 is 6.10 Å². The number of aliphatic hydroxyl groups is 1. The van der Waals surface area contributed by atoms with Gasteiger partial charge in [0.15, 0.2) is 0 Å². The molecule has 2 aromatic carbocycles. The first-order valence-corrected chi connectivity index (χ1v) is 8.39. The lowest BCUT2D eigenvalue weighted by molar-refractivity contribution is 0.0617. The molecule has 0 bridgehead atoms. The number of ether oxygens (including phenoxy) is 2. The lowest BCUT2D eigenvalue weighted by Gasteiger charge is -2.25. The number of para-hydroxylation sites is 1. The molecule has 1 unspecified atom stereocenters. The summed E-state index contributed by atoms with van der Waals surface area (Å²) in [5.74, 6) is 0.783. The van der Waals surface area contributed by atoms with Gasteiger partial charge in [0.05, 0.1) is 0 Å². The molecule has 24 heavy (non-hydrogen) atoms. The van der Waals surface area contributed by atoms with Crippen LogP contribution < -0.4 is 4.74 Å². The Morgan fingerprint density at radius 3 is 2.33 bits per heavy atom. The van der Waals surface area contributed by atoms with Gasteiger partial charge in [-0.1, -0.05) is 48.5 Å². The van der Waals surface area contributed by atoms with Crippen molar-refractivity contribution in [2.45, 2.75) is 19.1 Å². The van der Waals surface area contributed by atoms with E-state index in [4.69, 9.17) is 9.47 Å². The molecule has 4 heteroatoms. The van der Waals surface area contributed by atoms with E-state index in [9.17, 15) is 5.11 Å². The Balaban J connectivity index is 1.83. The summed E-state index contributed by atoms with van der Waals surface area (Å²) in [6.07, 6.45) is 0.409. The van der Waals surface area contributed by atoms with Crippen LogP contribution in [-0.2, 0) is 11.3 Å². The molecule has 0 amide bonds. The SMILES string of the molecule is COCCCN(Cc1ccccc1)CC(O)COc1ccccc1. The molecular weight excluding hydrogens is 302 g/mol. The maximum absolute atomic E-state index is 10.3. The fraction of sp³-hybridized carbons (Fsp3) is 0.400. The second-order valence-corrected chi connectivity index (χ2v) is 5.84. The van der Waals surface area contributed by atoms with Crippen molar-refractivity contribution in [3.05, 3.63) is 66.2 Å². The molecule has 1 N–H and O–H groups in total. The lowest BCUT2D eigenvalue weighted by Crippen LogP contribution is -2.36. The van der Waals surface area contributed by atoms with Crippen molar-refractivity contribution in [3.63, 3.8) is 0 Å². The third-order valence-electron chi connectivity index (χ3n) is 3.73. The van der Waals surface area contributed by atoms with E-state index in [1.54, 1.807) is 7.11 Å². The van der Waals surface area contributed by atoms with E-state index >= 15 is 0 Å². The lowest BCUT2D eigenvalue weighted by atomic mass is 10.2. The average Bonchev–Trinajstić information content (AvgIpc) is 2.62. The Morgan fingerprint density at radius 2 is 1.67 bits per heavy atom. The van der Waals surface area contributed by atoms with Crippen molar-refractivity contribution in [1.29, 1.82) is 0 Å². The van der Waals surface area contributed by atoms with E-state index in [0.29, 0.717) is 13.2 Å². The zero-order valence-corrected chi connectivity index (χ0v) is 14.3. The third-order valence-corrected chi connectivity index (χ3v) is 3.73. The molecule has 0 spiro atoms. The van der Waals surface area contributed by atoms with Gasteiger partial charge in [0, 0.05) is 33.4 Å². The molecule has 0 fully saturated rings. The van der Waals surface area contributed by atoms with Crippen molar-refractivity contribution in [1.82, 2.24) is 4.90 Å². The first kappa shape index (κ1) is 18.5. The standard InChI is InChI=1S/C20H27NO3/c1-23-14-8-13-21(15-18-9-4-2-5-10-18)16-19(22)17-24-20-11-6-3-7-12-20/h2-7,9-12,19,22H,8,13-17H2,1H3. The predicted molar refractivity (Wildman–Crippen MR) is 96.2 cm³/mol. The highest BCUT2D eigenvalue weighted by molar-refractivity contribution is 5.21. The van der Waals surface area contributed by atoms with Crippen LogP contribution in [-0.4, -0.2) is 49.5 Å². The summed E-state index contributed by atoms with van der Waals surface area (Å²) < 4.78 is 10.8. The minimum atomic E-state index is -0.531. The molecule has 1 atom stereocenters. The molecule has 0 saturated heterocycles. The highest BCUT2D eigenvalue weighted by atomic mass is 16.5. The van der Waals surface area contributed by atoms with Crippen LogP contribution >= 0.6 is 0 Å². The molecular formula is C20H27NO3. The Hall–Kier alpha value is -1.88. The van der Waals surface area contributed by atoms with Crippen LogP contribution in [0.2, 0.25) is 0 Å². The number of hydrogen-bond acceptors (Lipinski definition) is 4. The van der Waals surface area contributed by atoms with Crippen LogP contribution in [0.15, 0.2) is 60.7 Å². The summed E-state index contributed by atoms with van der Waals surface area (Å²) in [5, 5.41) is 10.3. The summed E-state index contributed by atoms with van der Waals surface area (Å²) >= 11 is 0. The van der Waals surface area contributed by atoms with Gasteiger partial charge in [-0.2, -0.15) is 0 Å². The van der Waals surface area contributed by atoms with Crippen LogP contribution in [0.1, 0.15) is 12.0 Å². The van der Waals surface area contributed by atoms with Gasteiger partial charge in [0.1, 0.15) is 18.5 Å². The van der Waals surface area contributed by atoms with Gasteiger partial charge in [-0.3, -0.25) is 4.90 Å². The Kier molecular flexibility index (Phi) is 8.32. The molecule has 0 aliphatic carbocycles. The van der Waals surface area contributed by atoms with Gasteiger partial charge in [-0.05, 0) is 24.1 Å². The number of benzene rings is 2. The van der Waals surface area contributed by atoms with E-state index in [1.807, 2.05) is 48.5 Å². The number of aliphatic hydroxyl groups excluding tert-OH is 1. The summed E-state index contributed by atoms with van der Waals surface area (Å²) in [7, 11) is 1.71. The van der Waals surface area contributed by atoms with Gasteiger partial charge in [-0.15, -0.1) is 0 Å². The Bertz CT molecular complexity index is 547. The van der Waals surface area contributed by atoms with Crippen LogP contribution in [0.5, 0.6) is 5.75 Å². The first-order chi connectivity index (χ1) is 11.8. The largest absolute Gasteiger partial charge is 0.491 e. The normalized spacial score (nSPS) is 12.3. The van der Waals surface area contributed by atoms with Gasteiger partial charge in [0.2, 0.25) is 0 Å². The number of hydrogen-bond donors (Lipinski definition) is 1. The maximum atomic E-state index is 10.3. The minimum absolute atomic E-state index is 0.291. The van der Waals surface area contributed by atoms with Crippen molar-refractivity contribution in [2.24, 2.45) is 0 Å². The molecule has 4 nitrogen and oxygen atoms in total. The maximum Gasteiger partial charge on any atom is 0.119 e. The summed E-state index contributed by atoms with van der Waals surface area (Å²) in [6.45, 7) is 3.28. The van der Waals surface area contributed by atoms with E-state index in [-0.39, 0.29) is 0 Å². The molecule has 2 aromatic rings. The van der Waals surface area contributed by atoms with Crippen LogP contribution in [0.3, 0.4) is 0 Å². The first-order valence-electron chi connectivity index (χ1n) is 8.39. The predicted octanol–water partition coefficient (Wildman–Crippen LogP) is 2.97. The van der Waals surface area contributed by atoms with E-state index in [2.05, 4.69) is 17.0 Å². The fourth-order valence-electron chi connectivity index (χ4n) is 2.57. The topological polar surface area (TPSA) is 41.9 Å². The zero-order chi connectivity index (χ0) is 17.0. The second kappa shape index (κ2) is 10.8. The molecule has 0 radical (unpaired) electrons. The number of rotatable bonds is 11. The highest BCUT2D eigenvalue weighted by Gasteiger charge is 2.13. The smallest absolute Gasteiger partial charge is 0.119 e. The Labute approximate surface area is 144 Å².